The Bertz CT molecular complexity index is 1140. The Morgan fingerprint density at radius 2 is 2.00 bits per heavy atom. The Kier molecular flexibility index (Phi) is 5.26. The van der Waals surface area contributed by atoms with Gasteiger partial charge in [0.25, 0.3) is 5.56 Å². The summed E-state index contributed by atoms with van der Waals surface area (Å²) in [6.45, 7) is 6.49. The third kappa shape index (κ3) is 3.71. The van der Waals surface area contributed by atoms with E-state index in [1.807, 2.05) is 12.3 Å². The lowest BCUT2D eigenvalue weighted by Crippen LogP contribution is -2.21. The van der Waals surface area contributed by atoms with Crippen LogP contribution in [0.25, 0.3) is 32.7 Å². The Morgan fingerprint density at radius 1 is 1.11 bits per heavy atom. The number of nitrogens with zero attached hydrogens (tertiary/aromatic N) is 1. The van der Waals surface area contributed by atoms with Crippen LogP contribution in [0.5, 0.6) is 0 Å². The van der Waals surface area contributed by atoms with E-state index in [1.165, 1.54) is 5.56 Å². The highest BCUT2D eigenvalue weighted by molar-refractivity contribution is 6.09. The molecule has 0 fully saturated rings. The summed E-state index contributed by atoms with van der Waals surface area (Å²) in [6, 6.07) is 10.5. The van der Waals surface area contributed by atoms with Gasteiger partial charge in [-0.15, -0.1) is 0 Å². The maximum Gasteiger partial charge on any atom is 0.256 e. The number of aryl methyl sites for hydroxylation is 1. The molecule has 2 heterocycles. The number of aromatic nitrogens is 3. The van der Waals surface area contributed by atoms with Crippen LogP contribution < -0.4 is 10.9 Å². The lowest BCUT2D eigenvalue weighted by Gasteiger charge is -2.12. The van der Waals surface area contributed by atoms with Crippen molar-refractivity contribution in [3.63, 3.8) is 0 Å². The van der Waals surface area contributed by atoms with Crippen molar-refractivity contribution in [2.75, 3.05) is 13.1 Å². The lowest BCUT2D eigenvalue weighted by molar-refractivity contribution is 0.543. The zero-order chi connectivity index (χ0) is 19.5. The topological polar surface area (TPSA) is 73.6 Å². The second kappa shape index (κ2) is 7.98. The average molecular weight is 374 g/mol. The van der Waals surface area contributed by atoms with Gasteiger partial charge in [0.1, 0.15) is 0 Å². The van der Waals surface area contributed by atoms with Crippen LogP contribution in [0.4, 0.5) is 0 Å². The first-order valence-corrected chi connectivity index (χ1v) is 9.90. The van der Waals surface area contributed by atoms with Crippen LogP contribution in [0.1, 0.15) is 25.8 Å². The summed E-state index contributed by atoms with van der Waals surface area (Å²) in [5.74, 6) is 0.662. The minimum absolute atomic E-state index is 0.0445. The van der Waals surface area contributed by atoms with Gasteiger partial charge in [-0.05, 0) is 71.3 Å². The maximum absolute atomic E-state index is 12.6. The summed E-state index contributed by atoms with van der Waals surface area (Å²) in [5, 5.41) is 14.3. The van der Waals surface area contributed by atoms with Gasteiger partial charge in [0, 0.05) is 18.0 Å². The van der Waals surface area contributed by atoms with E-state index in [1.54, 1.807) is 12.4 Å². The van der Waals surface area contributed by atoms with Crippen molar-refractivity contribution in [3.05, 3.63) is 64.8 Å². The van der Waals surface area contributed by atoms with Gasteiger partial charge < -0.3 is 10.3 Å². The van der Waals surface area contributed by atoms with Crippen molar-refractivity contribution < 1.29 is 0 Å². The van der Waals surface area contributed by atoms with E-state index < -0.39 is 0 Å². The van der Waals surface area contributed by atoms with Gasteiger partial charge in [-0.25, -0.2) is 0 Å². The molecule has 144 valence electrons. The number of hydrogen-bond donors (Lipinski definition) is 3. The smallest absolute Gasteiger partial charge is 0.256 e. The fraction of sp³-hybridized carbons (Fsp3) is 0.304. The molecule has 0 saturated heterocycles. The second-order valence-electron chi connectivity index (χ2n) is 7.76. The minimum atomic E-state index is -0.0445. The number of hydrogen-bond acceptors (Lipinski definition) is 3. The number of aromatic amines is 2. The maximum atomic E-state index is 12.6. The monoisotopic (exact) mass is 374 g/mol. The summed E-state index contributed by atoms with van der Waals surface area (Å²) in [4.78, 5) is 15.4. The summed E-state index contributed by atoms with van der Waals surface area (Å²) in [7, 11) is 0. The molecule has 3 N–H and O–H groups in total. The number of nitrogens with one attached hydrogen (secondary N) is 3. The molecule has 0 bridgehead atoms. The van der Waals surface area contributed by atoms with Crippen LogP contribution in [0.3, 0.4) is 0 Å². The first-order chi connectivity index (χ1) is 13.6. The molecular weight excluding hydrogens is 348 g/mol. The van der Waals surface area contributed by atoms with Crippen LogP contribution in [0, 0.1) is 5.92 Å². The van der Waals surface area contributed by atoms with E-state index in [0.29, 0.717) is 5.92 Å². The van der Waals surface area contributed by atoms with Gasteiger partial charge in [-0.2, -0.15) is 5.10 Å². The van der Waals surface area contributed by atoms with E-state index in [4.69, 9.17) is 0 Å². The van der Waals surface area contributed by atoms with E-state index >= 15 is 0 Å². The zero-order valence-corrected chi connectivity index (χ0v) is 16.4. The molecular formula is C23H26N4O. The molecule has 5 nitrogen and oxygen atoms in total. The Hall–Kier alpha value is -2.92. The quantitative estimate of drug-likeness (QED) is 0.334. The number of rotatable bonds is 7. The first kappa shape index (κ1) is 18.4. The molecule has 2 aromatic heterocycles. The number of benzene rings is 2. The van der Waals surface area contributed by atoms with Crippen LogP contribution in [0.2, 0.25) is 0 Å². The van der Waals surface area contributed by atoms with E-state index in [9.17, 15) is 4.79 Å². The lowest BCUT2D eigenvalue weighted by atomic mass is 9.93. The van der Waals surface area contributed by atoms with E-state index in [-0.39, 0.29) is 5.56 Å². The molecule has 0 aliphatic heterocycles. The van der Waals surface area contributed by atoms with Crippen LogP contribution >= 0.6 is 0 Å². The van der Waals surface area contributed by atoms with Crippen molar-refractivity contribution in [2.24, 2.45) is 5.92 Å². The van der Waals surface area contributed by atoms with Crippen LogP contribution in [-0.4, -0.2) is 28.3 Å². The molecule has 0 aliphatic rings. The van der Waals surface area contributed by atoms with Crippen molar-refractivity contribution in [2.45, 2.75) is 26.7 Å². The summed E-state index contributed by atoms with van der Waals surface area (Å²) < 4.78 is 0. The average Bonchev–Trinajstić information content (AvgIpc) is 3.22. The predicted molar refractivity (Wildman–Crippen MR) is 116 cm³/mol. The van der Waals surface area contributed by atoms with Crippen molar-refractivity contribution in [3.8, 4) is 11.1 Å². The standard InChI is InChI=1S/C23H26N4O/c1-15(2)12-24-8-3-4-17-10-18-7-9-25-23(28)22(18)21-11-16(5-6-20(17)21)19-13-26-27-14-19/h5-7,9-11,13-15,24H,3-4,8,12H2,1-2H3,(H,25,28)(H,26,27). The fourth-order valence-electron chi connectivity index (χ4n) is 3.78. The molecule has 0 aliphatic carbocycles. The summed E-state index contributed by atoms with van der Waals surface area (Å²) in [5.41, 5.74) is 3.32. The van der Waals surface area contributed by atoms with Gasteiger partial charge in [-0.3, -0.25) is 9.89 Å². The minimum Gasteiger partial charge on any atom is -0.329 e. The number of fused-ring (bicyclic) bond motifs is 3. The molecule has 0 spiro atoms. The van der Waals surface area contributed by atoms with Crippen molar-refractivity contribution in [1.82, 2.24) is 20.5 Å². The largest absolute Gasteiger partial charge is 0.329 e. The highest BCUT2D eigenvalue weighted by Gasteiger charge is 2.11. The Morgan fingerprint density at radius 3 is 2.79 bits per heavy atom. The second-order valence-corrected chi connectivity index (χ2v) is 7.76. The van der Waals surface area contributed by atoms with E-state index in [0.717, 1.165) is 58.6 Å². The van der Waals surface area contributed by atoms with Gasteiger partial charge in [0.2, 0.25) is 0 Å². The molecule has 0 unspecified atom stereocenters. The zero-order valence-electron chi connectivity index (χ0n) is 16.4. The fourth-order valence-corrected chi connectivity index (χ4v) is 3.78. The van der Waals surface area contributed by atoms with Gasteiger partial charge in [0.15, 0.2) is 0 Å². The van der Waals surface area contributed by atoms with Gasteiger partial charge in [0.05, 0.1) is 11.6 Å². The van der Waals surface area contributed by atoms with Gasteiger partial charge in [-0.1, -0.05) is 32.0 Å². The molecule has 0 radical (unpaired) electrons. The molecule has 0 amide bonds. The highest BCUT2D eigenvalue weighted by Crippen LogP contribution is 2.31. The molecule has 4 rings (SSSR count). The summed E-state index contributed by atoms with van der Waals surface area (Å²) >= 11 is 0. The van der Waals surface area contributed by atoms with Crippen molar-refractivity contribution >= 4 is 21.5 Å². The molecule has 2 aromatic carbocycles. The third-order valence-corrected chi connectivity index (χ3v) is 5.14. The van der Waals surface area contributed by atoms with Gasteiger partial charge >= 0.3 is 0 Å². The third-order valence-electron chi connectivity index (χ3n) is 5.14. The Balaban J connectivity index is 1.76. The molecule has 4 aromatic rings. The van der Waals surface area contributed by atoms with E-state index in [2.05, 4.69) is 58.6 Å². The summed E-state index contributed by atoms with van der Waals surface area (Å²) in [6.07, 6.45) is 7.45. The Labute approximate surface area is 164 Å². The highest BCUT2D eigenvalue weighted by atomic mass is 16.1. The van der Waals surface area contributed by atoms with Crippen molar-refractivity contribution in [1.29, 1.82) is 0 Å². The van der Waals surface area contributed by atoms with Crippen LogP contribution in [0.15, 0.2) is 53.7 Å². The SMILES string of the molecule is CC(C)CNCCCc1cc2cc[nH]c(=O)c2c2cc(-c3cn[nH]c3)ccc12. The first-order valence-electron chi connectivity index (χ1n) is 9.90. The normalized spacial score (nSPS) is 11.7. The number of pyridine rings is 1. The number of H-pyrrole nitrogens is 2. The molecule has 0 atom stereocenters. The molecule has 28 heavy (non-hydrogen) atoms. The molecule has 5 heteroatoms. The van der Waals surface area contributed by atoms with Crippen LogP contribution in [-0.2, 0) is 6.42 Å². The molecule has 0 saturated carbocycles. The predicted octanol–water partition coefficient (Wildman–Crippen LogP) is 4.25.